The molecule has 0 radical (unpaired) electrons. The van der Waals surface area contributed by atoms with Crippen molar-refractivity contribution in [3.8, 4) is 0 Å². The monoisotopic (exact) mass is 266 g/mol. The second-order valence-electron chi connectivity index (χ2n) is 4.57. The molecular formula is C10H19FN2O3S. The molecule has 0 aromatic rings. The zero-order valence-electron chi connectivity index (χ0n) is 9.93. The van der Waals surface area contributed by atoms with E-state index in [2.05, 4.69) is 0 Å². The van der Waals surface area contributed by atoms with E-state index in [0.717, 1.165) is 6.42 Å². The van der Waals surface area contributed by atoms with E-state index in [1.54, 1.807) is 4.90 Å². The van der Waals surface area contributed by atoms with E-state index in [4.69, 9.17) is 5.73 Å². The molecule has 100 valence electrons. The lowest BCUT2D eigenvalue weighted by Gasteiger charge is -2.18. The van der Waals surface area contributed by atoms with Crippen molar-refractivity contribution in [3.05, 3.63) is 0 Å². The number of hydrogen-bond acceptors (Lipinski definition) is 4. The van der Waals surface area contributed by atoms with Crippen molar-refractivity contribution in [1.82, 2.24) is 4.90 Å². The van der Waals surface area contributed by atoms with Gasteiger partial charge in [0.2, 0.25) is 5.91 Å². The molecule has 1 aliphatic heterocycles. The molecule has 0 spiro atoms. The van der Waals surface area contributed by atoms with Crippen LogP contribution in [0.1, 0.15) is 26.2 Å². The van der Waals surface area contributed by atoms with Crippen LogP contribution in [-0.2, 0) is 15.0 Å². The molecule has 0 saturated carbocycles. The fourth-order valence-corrected chi connectivity index (χ4v) is 2.78. The Kier molecular flexibility index (Phi) is 4.88. The summed E-state index contributed by atoms with van der Waals surface area (Å²) in [5.74, 6) is -1.09. The predicted molar refractivity (Wildman–Crippen MR) is 62.5 cm³/mol. The summed E-state index contributed by atoms with van der Waals surface area (Å²) in [5.41, 5.74) is 5.74. The largest absolute Gasteiger partial charge is 0.342 e. The molecule has 0 aromatic heterocycles. The lowest BCUT2D eigenvalue weighted by atomic mass is 10.1. The first-order valence-electron chi connectivity index (χ1n) is 5.77. The molecule has 1 amide bonds. The van der Waals surface area contributed by atoms with E-state index in [-0.39, 0.29) is 18.4 Å². The van der Waals surface area contributed by atoms with Crippen LogP contribution in [0.4, 0.5) is 3.89 Å². The predicted octanol–water partition coefficient (Wildman–Crippen LogP) is 0.262. The number of hydrogen-bond donors (Lipinski definition) is 1. The van der Waals surface area contributed by atoms with Crippen molar-refractivity contribution < 1.29 is 17.1 Å². The van der Waals surface area contributed by atoms with Crippen LogP contribution in [0.25, 0.3) is 0 Å². The third-order valence-corrected chi connectivity index (χ3v) is 3.89. The Hall–Kier alpha value is -0.690. The van der Waals surface area contributed by atoms with E-state index in [1.807, 2.05) is 6.92 Å². The quantitative estimate of drug-likeness (QED) is 0.699. The van der Waals surface area contributed by atoms with Gasteiger partial charge in [0, 0.05) is 31.5 Å². The van der Waals surface area contributed by atoms with Crippen LogP contribution < -0.4 is 5.73 Å². The molecule has 1 fully saturated rings. The van der Waals surface area contributed by atoms with Crippen molar-refractivity contribution in [2.45, 2.75) is 32.2 Å². The molecule has 7 heteroatoms. The molecule has 1 saturated heterocycles. The van der Waals surface area contributed by atoms with Gasteiger partial charge in [-0.1, -0.05) is 6.92 Å². The summed E-state index contributed by atoms with van der Waals surface area (Å²) in [7, 11) is -4.49. The van der Waals surface area contributed by atoms with Crippen molar-refractivity contribution in [2.24, 2.45) is 11.7 Å². The van der Waals surface area contributed by atoms with Crippen molar-refractivity contribution in [2.75, 3.05) is 18.8 Å². The van der Waals surface area contributed by atoms with E-state index in [9.17, 15) is 17.1 Å². The molecular weight excluding hydrogens is 247 g/mol. The summed E-state index contributed by atoms with van der Waals surface area (Å²) in [5, 5.41) is 0. The minimum absolute atomic E-state index is 0.0479. The summed E-state index contributed by atoms with van der Waals surface area (Å²) in [6, 6.07) is 0.0479. The third kappa shape index (κ3) is 4.99. The Balaban J connectivity index is 2.42. The molecule has 0 bridgehead atoms. The van der Waals surface area contributed by atoms with E-state index < -0.39 is 21.9 Å². The number of carbonyl (C=O) groups is 1. The van der Waals surface area contributed by atoms with Crippen LogP contribution in [0.5, 0.6) is 0 Å². The summed E-state index contributed by atoms with van der Waals surface area (Å²) >= 11 is 0. The summed E-state index contributed by atoms with van der Waals surface area (Å²) in [6.07, 6.45) is 1.65. The van der Waals surface area contributed by atoms with E-state index in [1.165, 1.54) is 0 Å². The highest BCUT2D eigenvalue weighted by Crippen LogP contribution is 2.20. The Morgan fingerprint density at radius 3 is 2.76 bits per heavy atom. The van der Waals surface area contributed by atoms with Crippen LogP contribution in [0, 0.1) is 5.92 Å². The maximum absolute atomic E-state index is 12.5. The van der Waals surface area contributed by atoms with Gasteiger partial charge in [-0.05, 0) is 12.8 Å². The first-order valence-corrected chi connectivity index (χ1v) is 7.32. The van der Waals surface area contributed by atoms with Gasteiger partial charge in [-0.2, -0.15) is 8.42 Å². The highest BCUT2D eigenvalue weighted by Gasteiger charge is 2.32. The van der Waals surface area contributed by atoms with Crippen LogP contribution in [-0.4, -0.2) is 44.1 Å². The number of nitrogens with zero attached hydrogens (tertiary/aromatic N) is 1. The van der Waals surface area contributed by atoms with Crippen molar-refractivity contribution >= 4 is 16.1 Å². The summed E-state index contributed by atoms with van der Waals surface area (Å²) in [6.45, 7) is 2.81. The molecule has 2 atom stereocenters. The zero-order valence-corrected chi connectivity index (χ0v) is 10.7. The first kappa shape index (κ1) is 14.4. The minimum atomic E-state index is -4.49. The van der Waals surface area contributed by atoms with Gasteiger partial charge in [0.05, 0.1) is 5.75 Å². The Morgan fingerprint density at radius 1 is 1.59 bits per heavy atom. The number of nitrogens with two attached hydrogens (primary N) is 1. The fraction of sp³-hybridized carbons (Fsp3) is 0.900. The van der Waals surface area contributed by atoms with Gasteiger partial charge in [-0.25, -0.2) is 0 Å². The van der Waals surface area contributed by atoms with Gasteiger partial charge in [0.1, 0.15) is 0 Å². The lowest BCUT2D eigenvalue weighted by Crippen LogP contribution is -2.31. The maximum Gasteiger partial charge on any atom is 0.302 e. The topological polar surface area (TPSA) is 80.5 Å². The highest BCUT2D eigenvalue weighted by molar-refractivity contribution is 7.86. The molecule has 1 aliphatic rings. The van der Waals surface area contributed by atoms with Gasteiger partial charge in [0.15, 0.2) is 0 Å². The van der Waals surface area contributed by atoms with Crippen LogP contribution in [0.15, 0.2) is 0 Å². The zero-order chi connectivity index (χ0) is 13.1. The standard InChI is InChI=1S/C10H19FN2O3S/c1-2-9(12)3-4-13-6-8(5-10(13)14)7-17(11,15)16/h8-9H,2-7,12H2,1H3. The highest BCUT2D eigenvalue weighted by atomic mass is 32.3. The summed E-state index contributed by atoms with van der Waals surface area (Å²) in [4.78, 5) is 13.1. The third-order valence-electron chi connectivity index (χ3n) is 3.02. The molecule has 5 nitrogen and oxygen atoms in total. The number of amides is 1. The number of halogens is 1. The number of likely N-dealkylation sites (tertiary alicyclic amines) is 1. The van der Waals surface area contributed by atoms with E-state index in [0.29, 0.717) is 19.5 Å². The molecule has 0 aromatic carbocycles. The van der Waals surface area contributed by atoms with Gasteiger partial charge in [0.25, 0.3) is 0 Å². The summed E-state index contributed by atoms with van der Waals surface area (Å²) < 4.78 is 33.5. The van der Waals surface area contributed by atoms with Gasteiger partial charge in [-0.15, -0.1) is 3.89 Å². The SMILES string of the molecule is CCC(N)CCN1CC(CS(=O)(=O)F)CC1=O. The molecule has 0 aliphatic carbocycles. The van der Waals surface area contributed by atoms with Gasteiger partial charge < -0.3 is 10.6 Å². The van der Waals surface area contributed by atoms with E-state index >= 15 is 0 Å². The van der Waals surface area contributed by atoms with Gasteiger partial charge >= 0.3 is 10.2 Å². The first-order chi connectivity index (χ1) is 7.81. The van der Waals surface area contributed by atoms with Crippen LogP contribution in [0.2, 0.25) is 0 Å². The molecule has 2 N–H and O–H groups in total. The smallest absolute Gasteiger partial charge is 0.302 e. The normalized spacial score (nSPS) is 23.1. The maximum atomic E-state index is 12.5. The number of carbonyl (C=O) groups excluding carboxylic acids is 1. The molecule has 1 heterocycles. The molecule has 1 rings (SSSR count). The van der Waals surface area contributed by atoms with Crippen LogP contribution >= 0.6 is 0 Å². The molecule has 17 heavy (non-hydrogen) atoms. The Labute approximate surface area is 101 Å². The number of rotatable bonds is 6. The van der Waals surface area contributed by atoms with Crippen molar-refractivity contribution in [3.63, 3.8) is 0 Å². The van der Waals surface area contributed by atoms with Gasteiger partial charge in [-0.3, -0.25) is 4.79 Å². The lowest BCUT2D eigenvalue weighted by molar-refractivity contribution is -0.127. The second kappa shape index (κ2) is 5.77. The average molecular weight is 266 g/mol. The molecule has 2 unspecified atom stereocenters. The Bertz CT molecular complexity index is 372. The second-order valence-corrected chi connectivity index (χ2v) is 5.98. The van der Waals surface area contributed by atoms with Crippen LogP contribution in [0.3, 0.4) is 0 Å². The Morgan fingerprint density at radius 2 is 2.24 bits per heavy atom. The average Bonchev–Trinajstić information content (AvgIpc) is 2.52. The minimum Gasteiger partial charge on any atom is -0.342 e. The fourth-order valence-electron chi connectivity index (χ4n) is 1.99. The van der Waals surface area contributed by atoms with Crippen molar-refractivity contribution in [1.29, 1.82) is 0 Å².